The number of hydrogen-bond acceptors (Lipinski definition) is 4. The van der Waals surface area contributed by atoms with Crippen molar-refractivity contribution in [2.24, 2.45) is 0 Å². The minimum atomic E-state index is -0.107. The Morgan fingerprint density at radius 3 is 2.61 bits per heavy atom. The van der Waals surface area contributed by atoms with Crippen molar-refractivity contribution >= 4 is 23.2 Å². The summed E-state index contributed by atoms with van der Waals surface area (Å²) in [6, 6.07) is 17.1. The van der Waals surface area contributed by atoms with E-state index in [1.165, 1.54) is 0 Å². The van der Waals surface area contributed by atoms with Crippen molar-refractivity contribution in [3.8, 4) is 11.3 Å². The number of carbonyl (C=O) groups excluding carboxylic acids is 2. The molecule has 142 valence electrons. The Morgan fingerprint density at radius 1 is 1.11 bits per heavy atom. The molecule has 0 aliphatic carbocycles. The molecule has 2 amide bonds. The van der Waals surface area contributed by atoms with Crippen LogP contribution < -0.4 is 10.2 Å². The van der Waals surface area contributed by atoms with Gasteiger partial charge in [-0.2, -0.15) is 0 Å². The lowest BCUT2D eigenvalue weighted by atomic mass is 10.2. The Morgan fingerprint density at radius 2 is 1.89 bits per heavy atom. The predicted molar refractivity (Wildman–Crippen MR) is 107 cm³/mol. The van der Waals surface area contributed by atoms with E-state index in [2.05, 4.69) is 10.3 Å². The molecule has 0 atom stereocenters. The van der Waals surface area contributed by atoms with Crippen LogP contribution in [0.15, 0.2) is 65.2 Å². The van der Waals surface area contributed by atoms with Crippen molar-refractivity contribution in [1.29, 1.82) is 0 Å². The van der Waals surface area contributed by atoms with Crippen LogP contribution in [0.2, 0.25) is 0 Å². The van der Waals surface area contributed by atoms with Crippen molar-refractivity contribution in [2.45, 2.75) is 25.7 Å². The molecule has 2 heterocycles. The summed E-state index contributed by atoms with van der Waals surface area (Å²) in [5.74, 6) is 1.28. The van der Waals surface area contributed by atoms with Crippen LogP contribution in [-0.2, 0) is 16.0 Å². The van der Waals surface area contributed by atoms with Crippen LogP contribution in [0.5, 0.6) is 0 Å². The van der Waals surface area contributed by atoms with Crippen LogP contribution in [0, 0.1) is 0 Å². The Labute approximate surface area is 163 Å². The first-order valence-corrected chi connectivity index (χ1v) is 9.39. The molecule has 28 heavy (non-hydrogen) atoms. The SMILES string of the molecule is O=C(CCc1ncc(-c2ccccc2)o1)Nc1ccc(N2CCCC2=O)cc1. The van der Waals surface area contributed by atoms with E-state index < -0.39 is 0 Å². The number of aromatic nitrogens is 1. The van der Waals surface area contributed by atoms with Crippen LogP contribution in [0.4, 0.5) is 11.4 Å². The lowest BCUT2D eigenvalue weighted by molar-refractivity contribution is -0.117. The molecule has 1 fully saturated rings. The van der Waals surface area contributed by atoms with Gasteiger partial charge in [0.2, 0.25) is 11.8 Å². The van der Waals surface area contributed by atoms with Gasteiger partial charge >= 0.3 is 0 Å². The molecule has 6 nitrogen and oxygen atoms in total. The van der Waals surface area contributed by atoms with Crippen molar-refractivity contribution < 1.29 is 14.0 Å². The second-order valence-electron chi connectivity index (χ2n) is 6.73. The van der Waals surface area contributed by atoms with Gasteiger partial charge in [0.25, 0.3) is 0 Å². The zero-order chi connectivity index (χ0) is 19.3. The number of benzene rings is 2. The third-order valence-electron chi connectivity index (χ3n) is 4.71. The molecule has 2 aromatic carbocycles. The fraction of sp³-hybridized carbons (Fsp3) is 0.227. The van der Waals surface area contributed by atoms with Crippen LogP contribution in [0.1, 0.15) is 25.2 Å². The summed E-state index contributed by atoms with van der Waals surface area (Å²) in [7, 11) is 0. The number of aryl methyl sites for hydroxylation is 1. The van der Waals surface area contributed by atoms with Gasteiger partial charge in [-0.25, -0.2) is 4.98 Å². The average Bonchev–Trinajstić information content (AvgIpc) is 3.37. The second-order valence-corrected chi connectivity index (χ2v) is 6.73. The first kappa shape index (κ1) is 18.0. The zero-order valence-electron chi connectivity index (χ0n) is 15.4. The maximum Gasteiger partial charge on any atom is 0.227 e. The highest BCUT2D eigenvalue weighted by Crippen LogP contribution is 2.23. The summed E-state index contributed by atoms with van der Waals surface area (Å²) < 4.78 is 5.72. The van der Waals surface area contributed by atoms with E-state index in [0.717, 1.165) is 24.2 Å². The fourth-order valence-corrected chi connectivity index (χ4v) is 3.25. The Hall–Kier alpha value is -3.41. The van der Waals surface area contributed by atoms with Gasteiger partial charge in [-0.3, -0.25) is 9.59 Å². The zero-order valence-corrected chi connectivity index (χ0v) is 15.4. The maximum atomic E-state index is 12.2. The molecule has 1 saturated heterocycles. The molecule has 0 saturated carbocycles. The second kappa shape index (κ2) is 8.08. The van der Waals surface area contributed by atoms with Crippen LogP contribution in [0.3, 0.4) is 0 Å². The van der Waals surface area contributed by atoms with E-state index >= 15 is 0 Å². The summed E-state index contributed by atoms with van der Waals surface area (Å²) >= 11 is 0. The number of carbonyl (C=O) groups is 2. The van der Waals surface area contributed by atoms with E-state index in [1.807, 2.05) is 54.6 Å². The van der Waals surface area contributed by atoms with E-state index in [9.17, 15) is 9.59 Å². The monoisotopic (exact) mass is 375 g/mol. The van der Waals surface area contributed by atoms with Gasteiger partial charge in [-0.15, -0.1) is 0 Å². The van der Waals surface area contributed by atoms with E-state index in [0.29, 0.717) is 30.2 Å². The molecule has 1 aromatic heterocycles. The number of nitrogens with zero attached hydrogens (tertiary/aromatic N) is 2. The minimum absolute atomic E-state index is 0.107. The van der Waals surface area contributed by atoms with Gasteiger partial charge in [0.05, 0.1) is 6.20 Å². The fourth-order valence-electron chi connectivity index (χ4n) is 3.25. The third-order valence-corrected chi connectivity index (χ3v) is 4.71. The van der Waals surface area contributed by atoms with Crippen molar-refractivity contribution in [2.75, 3.05) is 16.8 Å². The normalized spacial score (nSPS) is 13.7. The van der Waals surface area contributed by atoms with E-state index in [-0.39, 0.29) is 18.2 Å². The van der Waals surface area contributed by atoms with Gasteiger partial charge < -0.3 is 14.6 Å². The first-order chi connectivity index (χ1) is 13.7. The van der Waals surface area contributed by atoms with Crippen LogP contribution in [0.25, 0.3) is 11.3 Å². The van der Waals surface area contributed by atoms with E-state index in [4.69, 9.17) is 4.42 Å². The lowest BCUT2D eigenvalue weighted by Gasteiger charge is -2.16. The molecule has 6 heteroatoms. The van der Waals surface area contributed by atoms with Crippen molar-refractivity contribution in [3.63, 3.8) is 0 Å². The van der Waals surface area contributed by atoms with E-state index in [1.54, 1.807) is 11.1 Å². The number of amides is 2. The van der Waals surface area contributed by atoms with Crippen molar-refractivity contribution in [1.82, 2.24) is 4.98 Å². The van der Waals surface area contributed by atoms with Gasteiger partial charge in [-0.05, 0) is 30.7 Å². The summed E-state index contributed by atoms with van der Waals surface area (Å²) in [5, 5.41) is 2.87. The summed E-state index contributed by atoms with van der Waals surface area (Å²) in [6.07, 6.45) is 3.89. The molecule has 0 radical (unpaired) electrons. The Bertz CT molecular complexity index is 964. The molecule has 0 spiro atoms. The van der Waals surface area contributed by atoms with Crippen LogP contribution in [-0.4, -0.2) is 23.3 Å². The number of anilines is 2. The summed E-state index contributed by atoms with van der Waals surface area (Å²) in [4.78, 5) is 30.0. The quantitative estimate of drug-likeness (QED) is 0.705. The molecular weight excluding hydrogens is 354 g/mol. The Kier molecular flexibility index (Phi) is 5.19. The lowest BCUT2D eigenvalue weighted by Crippen LogP contribution is -2.23. The molecule has 4 rings (SSSR count). The highest BCUT2D eigenvalue weighted by atomic mass is 16.4. The number of oxazole rings is 1. The maximum absolute atomic E-state index is 12.2. The Balaban J connectivity index is 1.30. The standard InChI is InChI=1S/C22H21N3O3/c26-20(12-13-21-23-15-19(28-21)16-5-2-1-3-6-16)24-17-8-10-18(11-9-17)25-14-4-7-22(25)27/h1-3,5-6,8-11,15H,4,7,12-14H2,(H,24,26). The molecule has 1 aliphatic heterocycles. The van der Waals surface area contributed by atoms with Gasteiger partial charge in [-0.1, -0.05) is 30.3 Å². The first-order valence-electron chi connectivity index (χ1n) is 9.39. The molecule has 3 aromatic rings. The number of nitrogens with one attached hydrogen (secondary N) is 1. The number of hydrogen-bond donors (Lipinski definition) is 1. The molecule has 0 unspecified atom stereocenters. The molecule has 0 bridgehead atoms. The van der Waals surface area contributed by atoms with Gasteiger partial charge in [0.1, 0.15) is 0 Å². The highest BCUT2D eigenvalue weighted by Gasteiger charge is 2.21. The summed E-state index contributed by atoms with van der Waals surface area (Å²) in [6.45, 7) is 0.756. The van der Waals surface area contributed by atoms with Gasteiger partial charge in [0.15, 0.2) is 11.7 Å². The van der Waals surface area contributed by atoms with Gasteiger partial charge in [0, 0.05) is 42.7 Å². The molecular formula is C22H21N3O3. The largest absolute Gasteiger partial charge is 0.441 e. The predicted octanol–water partition coefficient (Wildman–Crippen LogP) is 4.04. The van der Waals surface area contributed by atoms with Crippen molar-refractivity contribution in [3.05, 3.63) is 66.7 Å². The average molecular weight is 375 g/mol. The van der Waals surface area contributed by atoms with Crippen LogP contribution >= 0.6 is 0 Å². The minimum Gasteiger partial charge on any atom is -0.441 e. The highest BCUT2D eigenvalue weighted by molar-refractivity contribution is 5.96. The number of rotatable bonds is 6. The molecule has 1 N–H and O–H groups in total. The smallest absolute Gasteiger partial charge is 0.227 e. The topological polar surface area (TPSA) is 75.4 Å². The summed E-state index contributed by atoms with van der Waals surface area (Å²) in [5.41, 5.74) is 2.54. The third kappa shape index (κ3) is 4.11. The molecule has 1 aliphatic rings.